The first-order valence-corrected chi connectivity index (χ1v) is 10.7. The maximum atomic E-state index is 12.8. The standard InChI is InChI=1S/C20H18N4O2S2/c1-3-15(25)23-17(13-9-6-5-7-10-13)21-18-20(23)28-19(14-11-8-12-27-14)22-24(18)16(26)4-2/h5-12H,3-4H2,1-2H3. The fraction of sp³-hybridized carbons (Fsp3) is 0.200. The number of nitrogens with zero attached hydrogens (tertiary/aromatic N) is 4. The molecular formula is C20H18N4O2S2. The predicted octanol–water partition coefficient (Wildman–Crippen LogP) is 4.87. The van der Waals surface area contributed by atoms with Crippen molar-refractivity contribution in [1.82, 2.24) is 9.55 Å². The van der Waals surface area contributed by atoms with Crippen LogP contribution < -0.4 is 5.01 Å². The number of aromatic nitrogens is 2. The normalized spacial score (nSPS) is 13.2. The molecular weight excluding hydrogens is 392 g/mol. The molecule has 8 heteroatoms. The molecule has 28 heavy (non-hydrogen) atoms. The molecule has 0 spiro atoms. The van der Waals surface area contributed by atoms with E-state index in [1.807, 2.05) is 54.8 Å². The van der Waals surface area contributed by atoms with E-state index in [0.29, 0.717) is 34.6 Å². The summed E-state index contributed by atoms with van der Waals surface area (Å²) in [6.07, 6.45) is 0.622. The van der Waals surface area contributed by atoms with Crippen molar-refractivity contribution >= 4 is 45.8 Å². The number of imidazole rings is 1. The summed E-state index contributed by atoms with van der Waals surface area (Å²) in [6, 6.07) is 13.4. The summed E-state index contributed by atoms with van der Waals surface area (Å²) in [5.74, 6) is 0.708. The molecule has 3 aromatic rings. The second-order valence-corrected chi connectivity index (χ2v) is 7.98. The zero-order chi connectivity index (χ0) is 19.7. The topological polar surface area (TPSA) is 67.6 Å². The van der Waals surface area contributed by atoms with Crippen LogP contribution in [-0.4, -0.2) is 26.4 Å². The van der Waals surface area contributed by atoms with Gasteiger partial charge in [-0.2, -0.15) is 10.1 Å². The van der Waals surface area contributed by atoms with Crippen molar-refractivity contribution in [2.75, 3.05) is 5.01 Å². The highest BCUT2D eigenvalue weighted by molar-refractivity contribution is 8.14. The Labute approximate surface area is 170 Å². The Bertz CT molecular complexity index is 1060. The summed E-state index contributed by atoms with van der Waals surface area (Å²) < 4.78 is 1.62. The Morgan fingerprint density at radius 2 is 1.75 bits per heavy atom. The zero-order valence-electron chi connectivity index (χ0n) is 15.5. The molecule has 0 fully saturated rings. The van der Waals surface area contributed by atoms with Gasteiger partial charge in [-0.3, -0.25) is 14.2 Å². The molecule has 2 aromatic heterocycles. The van der Waals surface area contributed by atoms with Crippen LogP contribution in [0.25, 0.3) is 11.4 Å². The van der Waals surface area contributed by atoms with Crippen LogP contribution in [0.1, 0.15) is 36.4 Å². The number of hydrogen-bond acceptors (Lipinski definition) is 6. The molecule has 0 unspecified atom stereocenters. The van der Waals surface area contributed by atoms with Gasteiger partial charge in [-0.05, 0) is 23.2 Å². The van der Waals surface area contributed by atoms with Crippen LogP contribution in [-0.2, 0) is 4.79 Å². The third-order valence-corrected chi connectivity index (χ3v) is 6.32. The SMILES string of the molecule is CCC(=O)N1N=C(c2cccs2)Sc2c1nc(-c1ccccc1)n2C(=O)CC. The van der Waals surface area contributed by atoms with Gasteiger partial charge in [-0.15, -0.1) is 11.3 Å². The Hall–Kier alpha value is -2.71. The van der Waals surface area contributed by atoms with E-state index in [0.717, 1.165) is 10.4 Å². The van der Waals surface area contributed by atoms with Crippen LogP contribution in [0.2, 0.25) is 0 Å². The largest absolute Gasteiger partial charge is 0.274 e. The Morgan fingerprint density at radius 1 is 1.00 bits per heavy atom. The minimum Gasteiger partial charge on any atom is -0.274 e. The third kappa shape index (κ3) is 3.18. The number of benzene rings is 1. The van der Waals surface area contributed by atoms with Gasteiger partial charge in [0.1, 0.15) is 15.9 Å². The number of carbonyl (C=O) groups excluding carboxylic acids is 2. The van der Waals surface area contributed by atoms with Crippen LogP contribution in [0.5, 0.6) is 0 Å². The molecule has 0 saturated carbocycles. The van der Waals surface area contributed by atoms with E-state index in [9.17, 15) is 9.59 Å². The molecule has 0 aliphatic carbocycles. The van der Waals surface area contributed by atoms with Gasteiger partial charge in [0, 0.05) is 18.4 Å². The molecule has 1 amide bonds. The molecule has 142 valence electrons. The number of anilines is 1. The second-order valence-electron chi connectivity index (χ2n) is 6.06. The van der Waals surface area contributed by atoms with Crippen molar-refractivity contribution in [2.24, 2.45) is 5.10 Å². The van der Waals surface area contributed by atoms with E-state index in [-0.39, 0.29) is 11.8 Å². The summed E-state index contributed by atoms with van der Waals surface area (Å²) >= 11 is 2.92. The van der Waals surface area contributed by atoms with Crippen molar-refractivity contribution in [3.8, 4) is 11.4 Å². The second kappa shape index (κ2) is 7.73. The molecule has 0 saturated heterocycles. The van der Waals surface area contributed by atoms with E-state index in [1.54, 1.807) is 22.8 Å². The highest BCUT2D eigenvalue weighted by Gasteiger charge is 2.33. The van der Waals surface area contributed by atoms with Gasteiger partial charge in [0.2, 0.25) is 11.8 Å². The molecule has 0 N–H and O–H groups in total. The minimum absolute atomic E-state index is 0.0727. The van der Waals surface area contributed by atoms with E-state index < -0.39 is 0 Å². The molecule has 6 nitrogen and oxygen atoms in total. The van der Waals surface area contributed by atoms with Crippen LogP contribution in [0.15, 0.2) is 58.0 Å². The Balaban J connectivity index is 1.93. The van der Waals surface area contributed by atoms with Gasteiger partial charge in [0.25, 0.3) is 0 Å². The maximum absolute atomic E-state index is 12.8. The lowest BCUT2D eigenvalue weighted by atomic mass is 10.2. The monoisotopic (exact) mass is 410 g/mol. The summed E-state index contributed by atoms with van der Waals surface area (Å²) in [5, 5.41) is 9.18. The summed E-state index contributed by atoms with van der Waals surface area (Å²) in [6.45, 7) is 3.61. The van der Waals surface area contributed by atoms with Gasteiger partial charge >= 0.3 is 0 Å². The van der Waals surface area contributed by atoms with E-state index >= 15 is 0 Å². The lowest BCUT2D eigenvalue weighted by Gasteiger charge is -2.22. The van der Waals surface area contributed by atoms with Crippen molar-refractivity contribution in [1.29, 1.82) is 0 Å². The number of rotatable bonds is 4. The summed E-state index contributed by atoms with van der Waals surface area (Å²) in [5.41, 5.74) is 0.820. The van der Waals surface area contributed by atoms with E-state index in [4.69, 9.17) is 0 Å². The average molecular weight is 411 g/mol. The lowest BCUT2D eigenvalue weighted by Crippen LogP contribution is -2.29. The van der Waals surface area contributed by atoms with Crippen molar-refractivity contribution < 1.29 is 9.59 Å². The highest BCUT2D eigenvalue weighted by Crippen LogP contribution is 2.41. The average Bonchev–Trinajstić information content (AvgIpc) is 3.40. The molecule has 1 aromatic carbocycles. The van der Waals surface area contributed by atoms with Crippen LogP contribution in [0, 0.1) is 0 Å². The zero-order valence-corrected chi connectivity index (χ0v) is 17.1. The molecule has 0 atom stereocenters. The maximum Gasteiger partial charge on any atom is 0.248 e. The number of thiophene rings is 1. The smallest absolute Gasteiger partial charge is 0.248 e. The van der Waals surface area contributed by atoms with E-state index in [1.165, 1.54) is 16.8 Å². The molecule has 3 heterocycles. The first-order valence-electron chi connectivity index (χ1n) is 8.98. The van der Waals surface area contributed by atoms with Crippen molar-refractivity contribution in [3.63, 3.8) is 0 Å². The van der Waals surface area contributed by atoms with Gasteiger partial charge in [0.15, 0.2) is 5.82 Å². The fourth-order valence-electron chi connectivity index (χ4n) is 2.87. The molecule has 4 rings (SSSR count). The third-order valence-electron chi connectivity index (χ3n) is 4.26. The van der Waals surface area contributed by atoms with Gasteiger partial charge in [-0.1, -0.05) is 50.2 Å². The molecule has 1 aliphatic heterocycles. The number of carbonyl (C=O) groups is 2. The minimum atomic E-state index is -0.163. The Kier molecular flexibility index (Phi) is 5.15. The summed E-state index contributed by atoms with van der Waals surface area (Å²) in [7, 11) is 0. The highest BCUT2D eigenvalue weighted by atomic mass is 32.2. The number of fused-ring (bicyclic) bond motifs is 1. The van der Waals surface area contributed by atoms with Crippen LogP contribution >= 0.6 is 23.1 Å². The molecule has 1 aliphatic rings. The quantitative estimate of drug-likeness (QED) is 0.615. The number of thioether (sulfide) groups is 1. The lowest BCUT2D eigenvalue weighted by molar-refractivity contribution is -0.118. The first kappa shape index (κ1) is 18.6. The fourth-order valence-corrected chi connectivity index (χ4v) is 4.72. The molecule has 0 radical (unpaired) electrons. The number of hydrazone groups is 1. The van der Waals surface area contributed by atoms with Crippen molar-refractivity contribution in [2.45, 2.75) is 31.7 Å². The van der Waals surface area contributed by atoms with Gasteiger partial charge in [-0.25, -0.2) is 4.98 Å². The molecule has 0 bridgehead atoms. The first-order chi connectivity index (χ1) is 13.6. The van der Waals surface area contributed by atoms with E-state index in [2.05, 4.69) is 10.1 Å². The number of hydrogen-bond donors (Lipinski definition) is 0. The summed E-state index contributed by atoms with van der Waals surface area (Å²) in [4.78, 5) is 31.1. The number of amides is 1. The predicted molar refractivity (Wildman–Crippen MR) is 113 cm³/mol. The van der Waals surface area contributed by atoms with Crippen LogP contribution in [0.3, 0.4) is 0 Å². The van der Waals surface area contributed by atoms with Crippen LogP contribution in [0.4, 0.5) is 5.82 Å². The van der Waals surface area contributed by atoms with Gasteiger partial charge in [0.05, 0.1) is 4.88 Å². The van der Waals surface area contributed by atoms with Crippen molar-refractivity contribution in [3.05, 3.63) is 52.7 Å². The Morgan fingerprint density at radius 3 is 2.39 bits per heavy atom. The van der Waals surface area contributed by atoms with Gasteiger partial charge < -0.3 is 0 Å².